The molecule has 1 unspecified atom stereocenters. The van der Waals surface area contributed by atoms with Gasteiger partial charge < -0.3 is 16.2 Å². The first-order chi connectivity index (χ1) is 14.8. The standard InChI is InChI=1S/C20H16F2N8O/c1-9-3-4-30-16(9)15(11-5-13(21)17(31)14(22)6-11)28-19(29-30)10(2)27-20-12(7-23)18(24)25-8-26-20/h3-6,8,10,31H,1-2H3,(H3,24,25,26,27). The van der Waals surface area contributed by atoms with Gasteiger partial charge in [0.05, 0.1) is 17.3 Å². The lowest BCUT2D eigenvalue weighted by Crippen LogP contribution is -2.16. The number of rotatable bonds is 4. The summed E-state index contributed by atoms with van der Waals surface area (Å²) in [6.07, 6.45) is 2.92. The molecule has 4 aromatic rings. The fourth-order valence-electron chi connectivity index (χ4n) is 3.17. The van der Waals surface area contributed by atoms with Crippen molar-refractivity contribution in [2.75, 3.05) is 11.1 Å². The van der Waals surface area contributed by atoms with E-state index in [1.165, 1.54) is 6.33 Å². The first-order valence-electron chi connectivity index (χ1n) is 9.11. The SMILES string of the molecule is Cc1ccn2nc(C(C)Nc3ncnc(N)c3C#N)nc(-c3cc(F)c(O)c(F)c3)c12. The van der Waals surface area contributed by atoms with E-state index in [2.05, 4.69) is 25.4 Å². The number of phenols is 1. The van der Waals surface area contributed by atoms with Gasteiger partial charge in [-0.2, -0.15) is 10.4 Å². The largest absolute Gasteiger partial charge is 0.503 e. The first kappa shape index (κ1) is 20.0. The third-order valence-electron chi connectivity index (χ3n) is 4.75. The number of hydrogen-bond acceptors (Lipinski definition) is 8. The molecule has 31 heavy (non-hydrogen) atoms. The molecule has 156 valence electrons. The van der Waals surface area contributed by atoms with Crippen LogP contribution in [-0.4, -0.2) is 29.7 Å². The van der Waals surface area contributed by atoms with Crippen molar-refractivity contribution >= 4 is 17.2 Å². The number of nitrogens with zero attached hydrogens (tertiary/aromatic N) is 6. The van der Waals surface area contributed by atoms with Gasteiger partial charge in [0, 0.05) is 11.8 Å². The third-order valence-corrected chi connectivity index (χ3v) is 4.75. The highest BCUT2D eigenvalue weighted by molar-refractivity contribution is 5.80. The number of halogens is 2. The van der Waals surface area contributed by atoms with Crippen LogP contribution >= 0.6 is 0 Å². The lowest BCUT2D eigenvalue weighted by molar-refractivity contribution is 0.396. The Bertz CT molecular complexity index is 1340. The molecule has 3 aromatic heterocycles. The highest BCUT2D eigenvalue weighted by Gasteiger charge is 2.20. The lowest BCUT2D eigenvalue weighted by Gasteiger charge is -2.16. The molecule has 1 aromatic carbocycles. The Morgan fingerprint density at radius 1 is 1.26 bits per heavy atom. The Hall–Kier alpha value is -4.33. The molecule has 0 saturated carbocycles. The van der Waals surface area contributed by atoms with E-state index in [-0.39, 0.29) is 34.3 Å². The third kappa shape index (κ3) is 3.44. The van der Waals surface area contributed by atoms with Gasteiger partial charge in [0.2, 0.25) is 0 Å². The van der Waals surface area contributed by atoms with E-state index in [0.29, 0.717) is 5.52 Å². The van der Waals surface area contributed by atoms with Crippen LogP contribution in [0.2, 0.25) is 0 Å². The quantitative estimate of drug-likeness (QED) is 0.456. The summed E-state index contributed by atoms with van der Waals surface area (Å²) in [6.45, 7) is 3.55. The fraction of sp³-hybridized carbons (Fsp3) is 0.150. The van der Waals surface area contributed by atoms with E-state index in [1.54, 1.807) is 23.7 Å². The van der Waals surface area contributed by atoms with Crippen molar-refractivity contribution in [1.29, 1.82) is 5.26 Å². The van der Waals surface area contributed by atoms with Crippen molar-refractivity contribution in [2.24, 2.45) is 0 Å². The van der Waals surface area contributed by atoms with Crippen LogP contribution in [0.5, 0.6) is 5.75 Å². The molecule has 0 radical (unpaired) electrons. The fourth-order valence-corrected chi connectivity index (χ4v) is 3.17. The molecule has 1 atom stereocenters. The molecular weight excluding hydrogens is 406 g/mol. The van der Waals surface area contributed by atoms with Crippen LogP contribution in [0.25, 0.3) is 16.8 Å². The Morgan fingerprint density at radius 2 is 1.97 bits per heavy atom. The number of nitrogens with two attached hydrogens (primary N) is 1. The van der Waals surface area contributed by atoms with Crippen molar-refractivity contribution in [3.8, 4) is 23.1 Å². The lowest BCUT2D eigenvalue weighted by atomic mass is 10.1. The topological polar surface area (TPSA) is 138 Å². The monoisotopic (exact) mass is 422 g/mol. The maximum Gasteiger partial charge on any atom is 0.187 e. The zero-order chi connectivity index (χ0) is 22.3. The van der Waals surface area contributed by atoms with Gasteiger partial charge in [0.15, 0.2) is 23.2 Å². The molecule has 0 bridgehead atoms. The highest BCUT2D eigenvalue weighted by atomic mass is 19.1. The minimum Gasteiger partial charge on any atom is -0.503 e. The van der Waals surface area contributed by atoms with Crippen molar-refractivity contribution < 1.29 is 13.9 Å². The Balaban J connectivity index is 1.84. The summed E-state index contributed by atoms with van der Waals surface area (Å²) < 4.78 is 29.6. The zero-order valence-corrected chi connectivity index (χ0v) is 16.4. The molecule has 0 aliphatic rings. The van der Waals surface area contributed by atoms with Crippen LogP contribution < -0.4 is 11.1 Å². The number of aryl methyl sites for hydroxylation is 1. The summed E-state index contributed by atoms with van der Waals surface area (Å²) in [7, 11) is 0. The molecule has 0 aliphatic carbocycles. The average molecular weight is 422 g/mol. The van der Waals surface area contributed by atoms with E-state index >= 15 is 0 Å². The number of aromatic hydroxyl groups is 1. The minimum atomic E-state index is -1.10. The number of anilines is 2. The second-order valence-electron chi connectivity index (χ2n) is 6.86. The van der Waals surface area contributed by atoms with Crippen LogP contribution in [-0.2, 0) is 0 Å². The van der Waals surface area contributed by atoms with Crippen molar-refractivity contribution in [1.82, 2.24) is 24.6 Å². The second kappa shape index (κ2) is 7.49. The van der Waals surface area contributed by atoms with Crippen LogP contribution in [0, 0.1) is 29.9 Å². The number of benzene rings is 1. The molecule has 3 heterocycles. The Morgan fingerprint density at radius 3 is 2.65 bits per heavy atom. The normalized spacial score (nSPS) is 12.0. The molecule has 11 heteroatoms. The number of nitrogens with one attached hydrogen (secondary N) is 1. The number of nitrogen functional groups attached to an aromatic ring is 1. The van der Waals surface area contributed by atoms with Gasteiger partial charge >= 0.3 is 0 Å². The van der Waals surface area contributed by atoms with E-state index in [4.69, 9.17) is 5.73 Å². The molecule has 4 N–H and O–H groups in total. The van der Waals surface area contributed by atoms with Gasteiger partial charge in [-0.3, -0.25) is 0 Å². The maximum atomic E-state index is 14.0. The van der Waals surface area contributed by atoms with Crippen LogP contribution in [0.3, 0.4) is 0 Å². The summed E-state index contributed by atoms with van der Waals surface area (Å²) in [5.41, 5.74) is 7.58. The average Bonchev–Trinajstić information content (AvgIpc) is 3.12. The van der Waals surface area contributed by atoms with Crippen LogP contribution in [0.15, 0.2) is 30.7 Å². The van der Waals surface area contributed by atoms with Crippen LogP contribution in [0.4, 0.5) is 20.4 Å². The molecule has 0 amide bonds. The number of fused-ring (bicyclic) bond motifs is 1. The van der Waals surface area contributed by atoms with Gasteiger partial charge in [-0.15, -0.1) is 0 Å². The zero-order valence-electron chi connectivity index (χ0n) is 16.4. The predicted octanol–water partition coefficient (Wildman–Crippen LogP) is 3.11. The Labute approximate surface area is 174 Å². The van der Waals surface area contributed by atoms with E-state index < -0.39 is 23.4 Å². The smallest absolute Gasteiger partial charge is 0.187 e. The summed E-state index contributed by atoms with van der Waals surface area (Å²) in [6, 6.07) is 5.20. The summed E-state index contributed by atoms with van der Waals surface area (Å²) in [5, 5.41) is 26.2. The van der Waals surface area contributed by atoms with Gasteiger partial charge in [-0.25, -0.2) is 28.2 Å². The van der Waals surface area contributed by atoms with E-state index in [9.17, 15) is 19.1 Å². The molecule has 0 saturated heterocycles. The summed E-state index contributed by atoms with van der Waals surface area (Å²) in [4.78, 5) is 12.4. The van der Waals surface area contributed by atoms with Gasteiger partial charge in [-0.1, -0.05) is 0 Å². The predicted molar refractivity (Wildman–Crippen MR) is 108 cm³/mol. The van der Waals surface area contributed by atoms with Crippen molar-refractivity contribution in [2.45, 2.75) is 19.9 Å². The number of aromatic nitrogens is 5. The number of hydrogen-bond donors (Lipinski definition) is 3. The van der Waals surface area contributed by atoms with Gasteiger partial charge in [-0.05, 0) is 37.6 Å². The number of phenolic OH excluding ortho intramolecular Hbond substituents is 1. The number of nitriles is 1. The van der Waals surface area contributed by atoms with Gasteiger partial charge in [0.25, 0.3) is 0 Å². The van der Waals surface area contributed by atoms with Crippen molar-refractivity contribution in [3.63, 3.8) is 0 Å². The minimum absolute atomic E-state index is 0.0281. The molecule has 0 fully saturated rings. The molecule has 4 rings (SSSR count). The summed E-state index contributed by atoms with van der Waals surface area (Å²) >= 11 is 0. The molecule has 0 spiro atoms. The first-order valence-corrected chi connectivity index (χ1v) is 9.11. The second-order valence-corrected chi connectivity index (χ2v) is 6.86. The molecular formula is C20H16F2N8O. The summed E-state index contributed by atoms with van der Waals surface area (Å²) in [5.74, 6) is -2.74. The van der Waals surface area contributed by atoms with Gasteiger partial charge in [0.1, 0.15) is 29.6 Å². The van der Waals surface area contributed by atoms with E-state index in [0.717, 1.165) is 17.7 Å². The molecule has 9 nitrogen and oxygen atoms in total. The maximum absolute atomic E-state index is 14.0. The highest BCUT2D eigenvalue weighted by Crippen LogP contribution is 2.32. The van der Waals surface area contributed by atoms with E-state index in [1.807, 2.05) is 13.0 Å². The Kier molecular flexibility index (Phi) is 4.82. The van der Waals surface area contributed by atoms with Crippen LogP contribution in [0.1, 0.15) is 29.9 Å². The molecule has 0 aliphatic heterocycles. The van der Waals surface area contributed by atoms with Crippen molar-refractivity contribution in [3.05, 3.63) is 59.3 Å².